The van der Waals surface area contributed by atoms with Crippen LogP contribution in [-0.2, 0) is 16.4 Å². The van der Waals surface area contributed by atoms with Gasteiger partial charge in [-0.25, -0.2) is 8.42 Å². The van der Waals surface area contributed by atoms with Crippen LogP contribution in [-0.4, -0.2) is 37.6 Å². The molecule has 1 aliphatic heterocycles. The highest BCUT2D eigenvalue weighted by molar-refractivity contribution is 7.89. The monoisotopic (exact) mass is 282 g/mol. The van der Waals surface area contributed by atoms with E-state index in [4.69, 9.17) is 5.73 Å². The molecule has 0 aromatic heterocycles. The molecule has 0 aliphatic carbocycles. The van der Waals surface area contributed by atoms with Crippen LogP contribution in [0.1, 0.15) is 18.9 Å². The molecule has 0 amide bonds. The molecule has 4 nitrogen and oxygen atoms in total. The number of benzene rings is 1. The van der Waals surface area contributed by atoms with Gasteiger partial charge in [-0.15, -0.1) is 0 Å². The Balaban J connectivity index is 1.99. The molecule has 1 saturated heterocycles. The van der Waals surface area contributed by atoms with Gasteiger partial charge in [-0.05, 0) is 37.8 Å². The minimum atomic E-state index is -3.17. The van der Waals surface area contributed by atoms with E-state index in [1.54, 1.807) is 4.31 Å². The second kappa shape index (κ2) is 6.03. The second-order valence-electron chi connectivity index (χ2n) is 5.31. The van der Waals surface area contributed by atoms with Gasteiger partial charge >= 0.3 is 0 Å². The van der Waals surface area contributed by atoms with Crippen molar-refractivity contribution in [3.05, 3.63) is 35.9 Å². The standard InChI is InChI=1S/C14H22N2O2S/c1-12-9-14(10-15)11-16(12)19(17,18)8-7-13-5-3-2-4-6-13/h2-6,12,14H,7-11,15H2,1H3. The summed E-state index contributed by atoms with van der Waals surface area (Å²) in [6.45, 7) is 3.11. The molecule has 0 spiro atoms. The highest BCUT2D eigenvalue weighted by Gasteiger charge is 2.35. The Morgan fingerprint density at radius 1 is 1.32 bits per heavy atom. The first-order valence-electron chi connectivity index (χ1n) is 6.76. The van der Waals surface area contributed by atoms with E-state index >= 15 is 0 Å². The molecule has 5 heteroatoms. The molecule has 2 unspecified atom stereocenters. The lowest BCUT2D eigenvalue weighted by Gasteiger charge is -2.21. The summed E-state index contributed by atoms with van der Waals surface area (Å²) < 4.78 is 26.4. The third kappa shape index (κ3) is 3.55. The zero-order chi connectivity index (χ0) is 13.9. The molecule has 2 rings (SSSR count). The van der Waals surface area contributed by atoms with Crippen LogP contribution in [0.2, 0.25) is 0 Å². The predicted octanol–water partition coefficient (Wildman–Crippen LogP) is 1.23. The Bertz CT molecular complexity index is 501. The van der Waals surface area contributed by atoms with Gasteiger partial charge in [0.25, 0.3) is 0 Å². The summed E-state index contributed by atoms with van der Waals surface area (Å²) in [7, 11) is -3.17. The maximum atomic E-state index is 12.4. The largest absolute Gasteiger partial charge is 0.330 e. The Hall–Kier alpha value is -0.910. The summed E-state index contributed by atoms with van der Waals surface area (Å²) >= 11 is 0. The van der Waals surface area contributed by atoms with Crippen molar-refractivity contribution >= 4 is 10.0 Å². The molecule has 0 radical (unpaired) electrons. The maximum absolute atomic E-state index is 12.4. The number of hydrogen-bond donors (Lipinski definition) is 1. The Morgan fingerprint density at radius 3 is 2.58 bits per heavy atom. The van der Waals surface area contributed by atoms with Gasteiger partial charge in [0, 0.05) is 12.6 Å². The van der Waals surface area contributed by atoms with Crippen molar-refractivity contribution < 1.29 is 8.42 Å². The van der Waals surface area contributed by atoms with Gasteiger partial charge in [0.2, 0.25) is 10.0 Å². The molecule has 2 N–H and O–H groups in total. The van der Waals surface area contributed by atoms with Crippen molar-refractivity contribution in [3.8, 4) is 0 Å². The highest BCUT2D eigenvalue weighted by atomic mass is 32.2. The fraction of sp³-hybridized carbons (Fsp3) is 0.571. The third-order valence-corrected chi connectivity index (χ3v) is 5.73. The number of sulfonamides is 1. The van der Waals surface area contributed by atoms with E-state index < -0.39 is 10.0 Å². The van der Waals surface area contributed by atoms with Crippen LogP contribution in [0.3, 0.4) is 0 Å². The number of hydrogen-bond acceptors (Lipinski definition) is 3. The van der Waals surface area contributed by atoms with Gasteiger partial charge in [0.05, 0.1) is 5.75 Å². The number of nitrogens with zero attached hydrogens (tertiary/aromatic N) is 1. The predicted molar refractivity (Wildman–Crippen MR) is 77.3 cm³/mol. The molecule has 0 saturated carbocycles. The van der Waals surface area contributed by atoms with Crippen molar-refractivity contribution in [2.75, 3.05) is 18.8 Å². The van der Waals surface area contributed by atoms with Crippen molar-refractivity contribution in [3.63, 3.8) is 0 Å². The number of nitrogens with two attached hydrogens (primary N) is 1. The van der Waals surface area contributed by atoms with E-state index in [-0.39, 0.29) is 11.8 Å². The van der Waals surface area contributed by atoms with E-state index in [0.29, 0.717) is 25.4 Å². The Labute approximate surface area is 115 Å². The third-order valence-electron chi connectivity index (χ3n) is 3.79. The molecule has 1 aromatic rings. The second-order valence-corrected chi connectivity index (χ2v) is 7.35. The van der Waals surface area contributed by atoms with Crippen molar-refractivity contribution in [1.82, 2.24) is 4.31 Å². The van der Waals surface area contributed by atoms with E-state index in [1.165, 1.54) is 0 Å². The lowest BCUT2D eigenvalue weighted by molar-refractivity contribution is 0.404. The van der Waals surface area contributed by atoms with E-state index in [2.05, 4.69) is 0 Å². The summed E-state index contributed by atoms with van der Waals surface area (Å²) in [5, 5.41) is 0. The molecular weight excluding hydrogens is 260 g/mol. The Kier molecular flexibility index (Phi) is 4.60. The first kappa shape index (κ1) is 14.5. The molecule has 1 aromatic carbocycles. The van der Waals surface area contributed by atoms with Crippen LogP contribution in [0.25, 0.3) is 0 Å². The summed E-state index contributed by atoms with van der Waals surface area (Å²) in [5.74, 6) is 0.486. The van der Waals surface area contributed by atoms with E-state index in [0.717, 1.165) is 12.0 Å². The van der Waals surface area contributed by atoms with Gasteiger partial charge in [-0.1, -0.05) is 30.3 Å². The maximum Gasteiger partial charge on any atom is 0.214 e. The summed E-state index contributed by atoms with van der Waals surface area (Å²) in [6.07, 6.45) is 1.45. The zero-order valence-electron chi connectivity index (χ0n) is 11.3. The molecule has 106 valence electrons. The van der Waals surface area contributed by atoms with Crippen molar-refractivity contribution in [1.29, 1.82) is 0 Å². The van der Waals surface area contributed by atoms with Gasteiger partial charge in [0.15, 0.2) is 0 Å². The van der Waals surface area contributed by atoms with Crippen molar-refractivity contribution in [2.24, 2.45) is 11.7 Å². The summed E-state index contributed by atoms with van der Waals surface area (Å²) in [4.78, 5) is 0. The van der Waals surface area contributed by atoms with Crippen LogP contribution < -0.4 is 5.73 Å². The van der Waals surface area contributed by atoms with Gasteiger partial charge in [0.1, 0.15) is 0 Å². The van der Waals surface area contributed by atoms with Crippen LogP contribution in [0.15, 0.2) is 30.3 Å². The highest BCUT2D eigenvalue weighted by Crippen LogP contribution is 2.25. The minimum absolute atomic E-state index is 0.0781. The first-order valence-corrected chi connectivity index (χ1v) is 8.37. The van der Waals surface area contributed by atoms with Gasteiger partial charge in [-0.2, -0.15) is 4.31 Å². The smallest absolute Gasteiger partial charge is 0.214 e. The van der Waals surface area contributed by atoms with Crippen LogP contribution in [0, 0.1) is 5.92 Å². The van der Waals surface area contributed by atoms with E-state index in [9.17, 15) is 8.42 Å². The minimum Gasteiger partial charge on any atom is -0.330 e. The van der Waals surface area contributed by atoms with Gasteiger partial charge < -0.3 is 5.73 Å². The fourth-order valence-electron chi connectivity index (χ4n) is 2.68. The fourth-order valence-corrected chi connectivity index (χ4v) is 4.48. The molecular formula is C14H22N2O2S. The van der Waals surface area contributed by atoms with Crippen LogP contribution >= 0.6 is 0 Å². The Morgan fingerprint density at radius 2 is 2.00 bits per heavy atom. The number of rotatable bonds is 5. The average Bonchev–Trinajstić information content (AvgIpc) is 2.80. The summed E-state index contributed by atoms with van der Waals surface area (Å²) in [6, 6.07) is 9.81. The molecule has 1 fully saturated rings. The zero-order valence-corrected chi connectivity index (χ0v) is 12.1. The molecule has 1 heterocycles. The van der Waals surface area contributed by atoms with Gasteiger partial charge in [-0.3, -0.25) is 0 Å². The average molecular weight is 282 g/mol. The molecule has 19 heavy (non-hydrogen) atoms. The molecule has 1 aliphatic rings. The van der Waals surface area contributed by atoms with Crippen LogP contribution in [0.4, 0.5) is 0 Å². The molecule has 0 bridgehead atoms. The quantitative estimate of drug-likeness (QED) is 0.883. The number of aryl methyl sites for hydroxylation is 1. The van der Waals surface area contributed by atoms with Crippen LogP contribution in [0.5, 0.6) is 0 Å². The first-order chi connectivity index (χ1) is 9.03. The lowest BCUT2D eigenvalue weighted by atomic mass is 10.1. The molecule has 2 atom stereocenters. The van der Waals surface area contributed by atoms with E-state index in [1.807, 2.05) is 37.3 Å². The SMILES string of the molecule is CC1CC(CN)CN1S(=O)(=O)CCc1ccccc1. The van der Waals surface area contributed by atoms with Crippen molar-refractivity contribution in [2.45, 2.75) is 25.8 Å². The normalized spacial score (nSPS) is 24.7. The lowest BCUT2D eigenvalue weighted by Crippen LogP contribution is -2.36. The topological polar surface area (TPSA) is 63.4 Å². The summed E-state index contributed by atoms with van der Waals surface area (Å²) in [5.41, 5.74) is 6.71.